The van der Waals surface area contributed by atoms with Crippen molar-refractivity contribution < 1.29 is 24.1 Å². The molecule has 0 unspecified atom stereocenters. The van der Waals surface area contributed by atoms with Crippen LogP contribution in [-0.2, 0) is 0 Å². The number of esters is 1. The number of para-hydroxylation sites is 1. The van der Waals surface area contributed by atoms with Gasteiger partial charge in [0.05, 0.1) is 39.6 Å². The highest BCUT2D eigenvalue weighted by molar-refractivity contribution is 5.92. The fraction of sp³-hybridized carbons (Fsp3) is 0.0345. The number of methoxy groups -OCH3 is 1. The molecule has 0 atom stereocenters. The summed E-state index contributed by atoms with van der Waals surface area (Å²) in [7, 11) is 1.38. The van der Waals surface area contributed by atoms with Crippen molar-refractivity contribution in [3.8, 4) is 22.9 Å². The number of hydrogen-bond acceptors (Lipinski definition) is 10. The van der Waals surface area contributed by atoms with Gasteiger partial charge in [-0.05, 0) is 60.2 Å². The lowest BCUT2D eigenvalue weighted by Gasteiger charge is -2.11. The second-order valence-corrected chi connectivity index (χ2v) is 8.72. The number of fused-ring (bicyclic) bond motifs is 1. The number of non-ortho nitro benzene ring substituents is 2. The quantitative estimate of drug-likeness (QED) is 0.0827. The van der Waals surface area contributed by atoms with E-state index in [9.17, 15) is 29.8 Å². The minimum atomic E-state index is -0.744. The van der Waals surface area contributed by atoms with Crippen molar-refractivity contribution in [3.63, 3.8) is 0 Å². The van der Waals surface area contributed by atoms with Gasteiger partial charge in [-0.15, -0.1) is 0 Å². The predicted octanol–water partition coefficient (Wildman–Crippen LogP) is 4.99. The van der Waals surface area contributed by atoms with Crippen molar-refractivity contribution in [2.45, 2.75) is 0 Å². The average Bonchev–Trinajstić information content (AvgIpc) is 3.01. The van der Waals surface area contributed by atoms with Crippen LogP contribution in [0.1, 0.15) is 15.9 Å². The highest BCUT2D eigenvalue weighted by Gasteiger charge is 2.16. The maximum absolute atomic E-state index is 13.4. The first kappa shape index (κ1) is 27.3. The van der Waals surface area contributed by atoms with E-state index in [1.807, 2.05) is 0 Å². The number of nitro benzene ring substituents is 2. The Bertz CT molecular complexity index is 1930. The zero-order valence-corrected chi connectivity index (χ0v) is 21.7. The molecule has 208 valence electrons. The third kappa shape index (κ3) is 5.56. The Kier molecular flexibility index (Phi) is 7.47. The van der Waals surface area contributed by atoms with Crippen LogP contribution in [0.25, 0.3) is 22.3 Å². The molecule has 13 nitrogen and oxygen atoms in total. The minimum Gasteiger partial charge on any atom is -0.493 e. The Morgan fingerprint density at radius 2 is 1.52 bits per heavy atom. The van der Waals surface area contributed by atoms with E-state index in [-0.39, 0.29) is 34.3 Å². The molecule has 0 amide bonds. The molecule has 0 fully saturated rings. The van der Waals surface area contributed by atoms with Gasteiger partial charge >= 0.3 is 5.97 Å². The van der Waals surface area contributed by atoms with E-state index in [0.29, 0.717) is 22.0 Å². The lowest BCUT2D eigenvalue weighted by Crippen LogP contribution is -2.20. The number of carbonyl (C=O) groups is 1. The van der Waals surface area contributed by atoms with Crippen molar-refractivity contribution in [2.75, 3.05) is 7.11 Å². The van der Waals surface area contributed by atoms with Gasteiger partial charge in [0.2, 0.25) is 0 Å². The van der Waals surface area contributed by atoms with Crippen LogP contribution in [0, 0.1) is 20.2 Å². The van der Waals surface area contributed by atoms with Crippen molar-refractivity contribution >= 4 is 34.5 Å². The largest absolute Gasteiger partial charge is 0.493 e. The molecule has 5 rings (SSSR count). The lowest BCUT2D eigenvalue weighted by molar-refractivity contribution is -0.385. The summed E-state index contributed by atoms with van der Waals surface area (Å²) in [5.41, 5.74) is 0.733. The van der Waals surface area contributed by atoms with Gasteiger partial charge in [-0.1, -0.05) is 12.1 Å². The summed E-state index contributed by atoms with van der Waals surface area (Å²) < 4.78 is 11.9. The molecule has 4 aromatic carbocycles. The smallest absolute Gasteiger partial charge is 0.343 e. The monoisotopic (exact) mass is 565 g/mol. The minimum absolute atomic E-state index is 0.0918. The summed E-state index contributed by atoms with van der Waals surface area (Å²) in [5.74, 6) is -0.292. The molecule has 0 bridgehead atoms. The number of rotatable bonds is 8. The van der Waals surface area contributed by atoms with Crippen LogP contribution in [0.4, 0.5) is 11.4 Å². The Morgan fingerprint density at radius 3 is 2.17 bits per heavy atom. The van der Waals surface area contributed by atoms with Gasteiger partial charge in [0.1, 0.15) is 0 Å². The van der Waals surface area contributed by atoms with Crippen LogP contribution in [0.3, 0.4) is 0 Å². The van der Waals surface area contributed by atoms with Gasteiger partial charge in [0.25, 0.3) is 16.9 Å². The number of ether oxygens (including phenoxy) is 2. The normalized spacial score (nSPS) is 11.0. The number of nitro groups is 2. The molecule has 0 N–H and O–H groups in total. The maximum atomic E-state index is 13.4. The third-order valence-electron chi connectivity index (χ3n) is 6.12. The molecule has 0 radical (unpaired) electrons. The van der Waals surface area contributed by atoms with E-state index in [4.69, 9.17) is 9.47 Å². The summed E-state index contributed by atoms with van der Waals surface area (Å²) in [5, 5.41) is 26.6. The molecule has 1 heterocycles. The number of carbonyl (C=O) groups excluding carboxylic acids is 1. The van der Waals surface area contributed by atoms with Gasteiger partial charge in [0.15, 0.2) is 17.3 Å². The van der Waals surface area contributed by atoms with Crippen LogP contribution >= 0.6 is 0 Å². The molecule has 42 heavy (non-hydrogen) atoms. The summed E-state index contributed by atoms with van der Waals surface area (Å²) >= 11 is 0. The molecule has 0 spiro atoms. The Morgan fingerprint density at radius 1 is 0.881 bits per heavy atom. The summed E-state index contributed by atoms with van der Waals surface area (Å²) in [6.07, 6.45) is 1.39. The molecule has 0 aliphatic carbocycles. The zero-order chi connectivity index (χ0) is 29.8. The van der Waals surface area contributed by atoms with Crippen LogP contribution in [0.5, 0.6) is 11.5 Å². The van der Waals surface area contributed by atoms with Crippen LogP contribution in [0.15, 0.2) is 101 Å². The molecular formula is C29H19N5O8. The molecule has 0 saturated heterocycles. The second kappa shape index (κ2) is 11.5. The molecule has 13 heteroatoms. The Balaban J connectivity index is 1.47. The van der Waals surface area contributed by atoms with Crippen molar-refractivity contribution in [1.29, 1.82) is 0 Å². The molecule has 0 saturated carbocycles. The van der Waals surface area contributed by atoms with Gasteiger partial charge in [-0.25, -0.2) is 9.78 Å². The van der Waals surface area contributed by atoms with Crippen molar-refractivity contribution in [1.82, 2.24) is 9.66 Å². The van der Waals surface area contributed by atoms with Crippen LogP contribution < -0.4 is 15.0 Å². The fourth-order valence-corrected chi connectivity index (χ4v) is 4.00. The second-order valence-electron chi connectivity index (χ2n) is 8.72. The SMILES string of the molecule is COc1cc(C=Nn2c(-c3ccc([N+](=O)[O-])cc3)nc3ccccc3c2=O)ccc1OC(=O)c1ccc([N+](=O)[O-])cc1. The van der Waals surface area contributed by atoms with E-state index < -0.39 is 21.4 Å². The highest BCUT2D eigenvalue weighted by Crippen LogP contribution is 2.29. The van der Waals surface area contributed by atoms with Gasteiger partial charge < -0.3 is 9.47 Å². The van der Waals surface area contributed by atoms with Gasteiger partial charge in [0, 0.05) is 29.8 Å². The number of benzene rings is 4. The van der Waals surface area contributed by atoms with E-state index in [2.05, 4.69) is 10.1 Å². The van der Waals surface area contributed by atoms with Crippen molar-refractivity contribution in [2.24, 2.45) is 5.10 Å². The average molecular weight is 565 g/mol. The Hall–Kier alpha value is -6.24. The van der Waals surface area contributed by atoms with Crippen molar-refractivity contribution in [3.05, 3.63) is 133 Å². The van der Waals surface area contributed by atoms with E-state index in [0.717, 1.165) is 4.68 Å². The maximum Gasteiger partial charge on any atom is 0.343 e. The fourth-order valence-electron chi connectivity index (χ4n) is 4.00. The molecule has 0 aliphatic rings. The molecule has 5 aromatic rings. The number of nitrogens with zero attached hydrogens (tertiary/aromatic N) is 5. The van der Waals surface area contributed by atoms with Gasteiger partial charge in [-0.2, -0.15) is 9.78 Å². The van der Waals surface area contributed by atoms with E-state index in [1.54, 1.807) is 30.3 Å². The van der Waals surface area contributed by atoms with E-state index in [1.165, 1.54) is 74.0 Å². The summed E-state index contributed by atoms with van der Waals surface area (Å²) in [6, 6.07) is 21.9. The first-order valence-corrected chi connectivity index (χ1v) is 12.2. The van der Waals surface area contributed by atoms with E-state index >= 15 is 0 Å². The first-order valence-electron chi connectivity index (χ1n) is 12.2. The van der Waals surface area contributed by atoms with Crippen LogP contribution in [-0.4, -0.2) is 38.8 Å². The lowest BCUT2D eigenvalue weighted by atomic mass is 10.1. The highest BCUT2D eigenvalue weighted by atomic mass is 16.6. The summed E-state index contributed by atoms with van der Waals surface area (Å²) in [6.45, 7) is 0. The number of aromatic nitrogens is 2. The topological polar surface area (TPSA) is 169 Å². The zero-order valence-electron chi connectivity index (χ0n) is 21.7. The Labute approximate surface area is 236 Å². The summed E-state index contributed by atoms with van der Waals surface area (Å²) in [4.78, 5) is 51.4. The number of hydrogen-bond donors (Lipinski definition) is 0. The molecule has 0 aliphatic heterocycles. The predicted molar refractivity (Wildman–Crippen MR) is 152 cm³/mol. The first-order chi connectivity index (χ1) is 20.2. The van der Waals surface area contributed by atoms with Gasteiger partial charge in [-0.3, -0.25) is 25.0 Å². The molecule has 1 aromatic heterocycles. The third-order valence-corrected chi connectivity index (χ3v) is 6.12. The van der Waals surface area contributed by atoms with Crippen LogP contribution in [0.2, 0.25) is 0 Å². The molecular weight excluding hydrogens is 546 g/mol. The standard InChI is InChI=1S/C29H19N5O8/c1-41-26-16-18(6-15-25(26)42-29(36)20-9-13-22(14-10-20)34(39)40)17-30-32-27(19-7-11-21(12-8-19)33(37)38)31-24-5-3-2-4-23(24)28(32)35/h2-17H,1H3.